The van der Waals surface area contributed by atoms with Crippen molar-refractivity contribution >= 4 is 5.91 Å². The molecule has 0 unspecified atom stereocenters. The number of amides is 1. The summed E-state index contributed by atoms with van der Waals surface area (Å²) < 4.78 is 10.8. The van der Waals surface area contributed by atoms with E-state index in [-0.39, 0.29) is 5.91 Å². The van der Waals surface area contributed by atoms with Crippen LogP contribution in [0.5, 0.6) is 11.5 Å². The van der Waals surface area contributed by atoms with Crippen molar-refractivity contribution < 1.29 is 14.3 Å². The van der Waals surface area contributed by atoms with Gasteiger partial charge < -0.3 is 14.4 Å². The number of allylic oxidation sites excluding steroid dienone is 1. The minimum atomic E-state index is 0.0370. The van der Waals surface area contributed by atoms with Gasteiger partial charge in [0.1, 0.15) is 0 Å². The normalized spacial score (nSPS) is 10.2. The van der Waals surface area contributed by atoms with Crippen molar-refractivity contribution in [1.82, 2.24) is 4.90 Å². The second-order valence-corrected chi connectivity index (χ2v) is 5.16. The Labute approximate surface area is 133 Å². The van der Waals surface area contributed by atoms with Gasteiger partial charge in [-0.05, 0) is 31.4 Å². The van der Waals surface area contributed by atoms with Crippen molar-refractivity contribution in [2.75, 3.05) is 27.3 Å². The van der Waals surface area contributed by atoms with Crippen LogP contribution in [-0.2, 0) is 6.42 Å². The summed E-state index contributed by atoms with van der Waals surface area (Å²) in [5.74, 6) is 1.28. The van der Waals surface area contributed by atoms with E-state index in [0.717, 1.165) is 31.5 Å². The Morgan fingerprint density at radius 2 is 1.82 bits per heavy atom. The predicted molar refractivity (Wildman–Crippen MR) is 89.9 cm³/mol. The van der Waals surface area contributed by atoms with E-state index in [9.17, 15) is 4.79 Å². The third-order valence-corrected chi connectivity index (χ3v) is 3.44. The quantitative estimate of drug-likeness (QED) is 0.653. The molecular weight excluding hydrogens is 278 g/mol. The molecule has 1 amide bonds. The fraction of sp³-hybridized carbons (Fsp3) is 0.500. The molecule has 0 aliphatic carbocycles. The summed E-state index contributed by atoms with van der Waals surface area (Å²) in [7, 11) is 3.19. The highest BCUT2D eigenvalue weighted by Gasteiger charge is 2.19. The van der Waals surface area contributed by atoms with E-state index >= 15 is 0 Å². The molecule has 122 valence electrons. The van der Waals surface area contributed by atoms with Crippen LogP contribution in [0.2, 0.25) is 0 Å². The first-order valence-electron chi connectivity index (χ1n) is 7.77. The van der Waals surface area contributed by atoms with E-state index in [2.05, 4.69) is 20.4 Å². The molecule has 0 aliphatic rings. The van der Waals surface area contributed by atoms with Crippen LogP contribution in [-0.4, -0.2) is 38.1 Å². The van der Waals surface area contributed by atoms with Gasteiger partial charge in [-0.25, -0.2) is 0 Å². The number of carbonyl (C=O) groups excluding carboxylic acids is 1. The number of carbonyl (C=O) groups is 1. The largest absolute Gasteiger partial charge is 0.493 e. The Morgan fingerprint density at radius 1 is 1.18 bits per heavy atom. The van der Waals surface area contributed by atoms with Crippen LogP contribution in [0.4, 0.5) is 0 Å². The maximum absolute atomic E-state index is 12.8. The average Bonchev–Trinajstić information content (AvgIpc) is 2.53. The summed E-state index contributed by atoms with van der Waals surface area (Å²) in [6, 6.07) is 3.63. The van der Waals surface area contributed by atoms with E-state index in [4.69, 9.17) is 9.47 Å². The molecule has 0 aliphatic heterocycles. The zero-order chi connectivity index (χ0) is 16.5. The first-order chi connectivity index (χ1) is 10.6. The summed E-state index contributed by atoms with van der Waals surface area (Å²) >= 11 is 0. The molecular formula is C18H27NO3. The van der Waals surface area contributed by atoms with Crippen LogP contribution in [0.3, 0.4) is 0 Å². The summed E-state index contributed by atoms with van der Waals surface area (Å²) in [5.41, 5.74) is 1.55. The molecule has 4 heteroatoms. The Morgan fingerprint density at radius 3 is 2.27 bits per heavy atom. The SMILES string of the molecule is C=CCc1cc(C(=O)N(CCC)CCC)cc(OC)c1OC. The second kappa shape index (κ2) is 9.13. The molecule has 0 heterocycles. The number of methoxy groups -OCH3 is 2. The molecule has 0 fully saturated rings. The minimum Gasteiger partial charge on any atom is -0.493 e. The average molecular weight is 305 g/mol. The van der Waals surface area contributed by atoms with Gasteiger partial charge in [-0.15, -0.1) is 6.58 Å². The third-order valence-electron chi connectivity index (χ3n) is 3.44. The molecule has 4 nitrogen and oxygen atoms in total. The van der Waals surface area contributed by atoms with Gasteiger partial charge in [0, 0.05) is 24.2 Å². The lowest BCUT2D eigenvalue weighted by Crippen LogP contribution is -2.32. The second-order valence-electron chi connectivity index (χ2n) is 5.16. The number of nitrogens with zero attached hydrogens (tertiary/aromatic N) is 1. The lowest BCUT2D eigenvalue weighted by molar-refractivity contribution is 0.0755. The molecule has 1 aromatic rings. The highest BCUT2D eigenvalue weighted by Crippen LogP contribution is 2.33. The van der Waals surface area contributed by atoms with Gasteiger partial charge in [-0.3, -0.25) is 4.79 Å². The summed E-state index contributed by atoms with van der Waals surface area (Å²) in [6.45, 7) is 9.44. The van der Waals surface area contributed by atoms with Gasteiger partial charge in [0.05, 0.1) is 14.2 Å². The van der Waals surface area contributed by atoms with Gasteiger partial charge in [-0.1, -0.05) is 19.9 Å². The molecule has 0 saturated heterocycles. The van der Waals surface area contributed by atoms with Crippen molar-refractivity contribution in [3.8, 4) is 11.5 Å². The number of hydrogen-bond donors (Lipinski definition) is 0. The van der Waals surface area contributed by atoms with Crippen molar-refractivity contribution in [2.24, 2.45) is 0 Å². The van der Waals surface area contributed by atoms with Crippen LogP contribution in [0.25, 0.3) is 0 Å². The molecule has 0 N–H and O–H groups in total. The van der Waals surface area contributed by atoms with Crippen LogP contribution < -0.4 is 9.47 Å². The van der Waals surface area contributed by atoms with Gasteiger partial charge in [0.2, 0.25) is 0 Å². The fourth-order valence-corrected chi connectivity index (χ4v) is 2.51. The highest BCUT2D eigenvalue weighted by molar-refractivity contribution is 5.95. The maximum Gasteiger partial charge on any atom is 0.254 e. The topological polar surface area (TPSA) is 38.8 Å². The monoisotopic (exact) mass is 305 g/mol. The lowest BCUT2D eigenvalue weighted by Gasteiger charge is -2.22. The van der Waals surface area contributed by atoms with Gasteiger partial charge in [0.25, 0.3) is 5.91 Å². The Kier molecular flexibility index (Phi) is 7.50. The molecule has 0 spiro atoms. The number of benzene rings is 1. The summed E-state index contributed by atoms with van der Waals surface area (Å²) in [6.07, 6.45) is 4.31. The van der Waals surface area contributed by atoms with E-state index in [0.29, 0.717) is 23.5 Å². The predicted octanol–water partition coefficient (Wildman–Crippen LogP) is 3.69. The number of ether oxygens (including phenoxy) is 2. The van der Waals surface area contributed by atoms with Crippen molar-refractivity contribution in [1.29, 1.82) is 0 Å². The molecule has 0 aromatic heterocycles. The highest BCUT2D eigenvalue weighted by atomic mass is 16.5. The smallest absolute Gasteiger partial charge is 0.254 e. The van der Waals surface area contributed by atoms with Crippen LogP contribution >= 0.6 is 0 Å². The molecule has 0 saturated carbocycles. The molecule has 0 radical (unpaired) electrons. The van der Waals surface area contributed by atoms with Crippen LogP contribution in [0.15, 0.2) is 24.8 Å². The molecule has 0 atom stereocenters. The summed E-state index contributed by atoms with van der Waals surface area (Å²) in [5, 5.41) is 0. The molecule has 1 rings (SSSR count). The molecule has 0 bridgehead atoms. The lowest BCUT2D eigenvalue weighted by atomic mass is 10.0. The Hall–Kier alpha value is -1.97. The maximum atomic E-state index is 12.8. The van der Waals surface area contributed by atoms with Crippen LogP contribution in [0.1, 0.15) is 42.6 Å². The first-order valence-corrected chi connectivity index (χ1v) is 7.77. The molecule has 22 heavy (non-hydrogen) atoms. The standard InChI is InChI=1S/C18H27NO3/c1-6-9-14-12-15(13-16(21-4)17(14)22-5)18(20)19(10-7-2)11-8-3/h6,12-13H,1,7-11H2,2-5H3. The van der Waals surface area contributed by atoms with Crippen molar-refractivity contribution in [2.45, 2.75) is 33.1 Å². The zero-order valence-electron chi connectivity index (χ0n) is 14.1. The van der Waals surface area contributed by atoms with E-state index in [1.807, 2.05) is 11.0 Å². The zero-order valence-corrected chi connectivity index (χ0v) is 14.1. The van der Waals surface area contributed by atoms with E-state index < -0.39 is 0 Å². The first kappa shape index (κ1) is 18.1. The van der Waals surface area contributed by atoms with Gasteiger partial charge in [-0.2, -0.15) is 0 Å². The Bertz CT molecular complexity index is 505. The van der Waals surface area contributed by atoms with Gasteiger partial charge in [0.15, 0.2) is 11.5 Å². The third kappa shape index (κ3) is 4.26. The molecule has 1 aromatic carbocycles. The fourth-order valence-electron chi connectivity index (χ4n) is 2.51. The Balaban J connectivity index is 3.24. The van der Waals surface area contributed by atoms with E-state index in [1.165, 1.54) is 0 Å². The van der Waals surface area contributed by atoms with Crippen molar-refractivity contribution in [3.05, 3.63) is 35.9 Å². The van der Waals surface area contributed by atoms with Crippen molar-refractivity contribution in [3.63, 3.8) is 0 Å². The number of rotatable bonds is 9. The minimum absolute atomic E-state index is 0.0370. The van der Waals surface area contributed by atoms with E-state index in [1.54, 1.807) is 26.4 Å². The van der Waals surface area contributed by atoms with Crippen LogP contribution in [0, 0.1) is 0 Å². The summed E-state index contributed by atoms with van der Waals surface area (Å²) in [4.78, 5) is 14.6. The number of hydrogen-bond acceptors (Lipinski definition) is 3. The van der Waals surface area contributed by atoms with Gasteiger partial charge >= 0.3 is 0 Å².